The zero-order valence-corrected chi connectivity index (χ0v) is 19.1. The Hall–Kier alpha value is -0.620. The predicted octanol–water partition coefficient (Wildman–Crippen LogP) is 6.17. The topological polar surface area (TPSA) is 78.9 Å². The summed E-state index contributed by atoms with van der Waals surface area (Å²) in [6, 6.07) is 4.61. The van der Waals surface area contributed by atoms with E-state index in [1.165, 1.54) is 6.07 Å². The molecular formula is C18H24Cl3O6P. The first-order chi connectivity index (χ1) is 13.2. The largest absolute Gasteiger partial charge is 0.457 e. The highest BCUT2D eigenvalue weighted by Gasteiger charge is 2.40. The maximum atomic E-state index is 12.8. The Morgan fingerprint density at radius 2 is 1.71 bits per heavy atom. The van der Waals surface area contributed by atoms with Crippen molar-refractivity contribution in [1.29, 1.82) is 0 Å². The molecule has 0 aliphatic heterocycles. The van der Waals surface area contributed by atoms with Gasteiger partial charge in [-0.3, -0.25) is 14.2 Å². The van der Waals surface area contributed by atoms with E-state index in [4.69, 9.17) is 48.6 Å². The van der Waals surface area contributed by atoms with E-state index in [1.54, 1.807) is 26.0 Å². The number of carbonyl (C=O) groups excluding carboxylic acids is 2. The average Bonchev–Trinajstić information content (AvgIpc) is 2.61. The Bertz CT molecular complexity index is 717. The van der Waals surface area contributed by atoms with Crippen molar-refractivity contribution in [2.24, 2.45) is 0 Å². The Kier molecular flexibility index (Phi) is 11.0. The van der Waals surface area contributed by atoms with E-state index in [0.717, 1.165) is 0 Å². The number of hydrogen-bond donors (Lipinski definition) is 0. The zero-order valence-electron chi connectivity index (χ0n) is 16.0. The van der Waals surface area contributed by atoms with Gasteiger partial charge in [-0.15, -0.1) is 11.6 Å². The van der Waals surface area contributed by atoms with E-state index in [2.05, 4.69) is 0 Å². The van der Waals surface area contributed by atoms with Crippen LogP contribution in [0.3, 0.4) is 0 Å². The number of hydrogen-bond acceptors (Lipinski definition) is 6. The molecule has 6 nitrogen and oxygen atoms in total. The van der Waals surface area contributed by atoms with Crippen molar-refractivity contribution < 1.29 is 27.9 Å². The number of esters is 1. The summed E-state index contributed by atoms with van der Waals surface area (Å²) in [7, 11) is -3.86. The van der Waals surface area contributed by atoms with Gasteiger partial charge in [0, 0.05) is 22.0 Å². The van der Waals surface area contributed by atoms with E-state index in [1.807, 2.05) is 6.92 Å². The third kappa shape index (κ3) is 7.33. The van der Waals surface area contributed by atoms with Gasteiger partial charge < -0.3 is 13.8 Å². The van der Waals surface area contributed by atoms with Crippen LogP contribution in [0.5, 0.6) is 0 Å². The minimum atomic E-state index is -3.86. The van der Waals surface area contributed by atoms with E-state index in [-0.39, 0.29) is 31.1 Å². The molecule has 1 aromatic rings. The van der Waals surface area contributed by atoms with E-state index in [0.29, 0.717) is 17.0 Å². The van der Waals surface area contributed by atoms with Gasteiger partial charge in [-0.25, -0.2) is 0 Å². The molecule has 0 aliphatic carbocycles. The molecule has 0 saturated heterocycles. The van der Waals surface area contributed by atoms with Crippen LogP contribution in [0.2, 0.25) is 10.0 Å². The Morgan fingerprint density at radius 1 is 1.11 bits per heavy atom. The van der Waals surface area contributed by atoms with Crippen LogP contribution in [0, 0.1) is 0 Å². The molecule has 2 atom stereocenters. The maximum Gasteiger partial charge on any atom is 0.355 e. The predicted molar refractivity (Wildman–Crippen MR) is 110 cm³/mol. The SMILES string of the molecule is CCCC(=O)OC(CC(=O)C(Cl)P(=O)(OCC)OCC)c1ccc(Cl)cc1Cl. The van der Waals surface area contributed by atoms with Crippen LogP contribution >= 0.6 is 42.4 Å². The first kappa shape index (κ1) is 25.4. The van der Waals surface area contributed by atoms with Gasteiger partial charge in [0.25, 0.3) is 0 Å². The molecule has 0 radical (unpaired) electrons. The Morgan fingerprint density at radius 3 is 2.21 bits per heavy atom. The van der Waals surface area contributed by atoms with E-state index >= 15 is 0 Å². The summed E-state index contributed by atoms with van der Waals surface area (Å²) in [5.41, 5.74) is 0.399. The van der Waals surface area contributed by atoms with E-state index < -0.39 is 30.6 Å². The van der Waals surface area contributed by atoms with Crippen LogP contribution in [0.4, 0.5) is 0 Å². The lowest BCUT2D eigenvalue weighted by atomic mass is 10.0. The minimum absolute atomic E-state index is 0.0612. The van der Waals surface area contributed by atoms with Crippen LogP contribution in [-0.2, 0) is 27.9 Å². The van der Waals surface area contributed by atoms with E-state index in [9.17, 15) is 14.2 Å². The molecule has 0 spiro atoms. The third-order valence-electron chi connectivity index (χ3n) is 3.59. The van der Waals surface area contributed by atoms with Crippen LogP contribution < -0.4 is 0 Å². The van der Waals surface area contributed by atoms with Gasteiger partial charge in [-0.05, 0) is 32.4 Å². The molecule has 10 heteroatoms. The minimum Gasteiger partial charge on any atom is -0.457 e. The van der Waals surface area contributed by atoms with Gasteiger partial charge in [0.1, 0.15) is 6.10 Å². The number of benzene rings is 1. The van der Waals surface area contributed by atoms with Crippen molar-refractivity contribution in [3.63, 3.8) is 0 Å². The molecule has 0 heterocycles. The summed E-state index contributed by atoms with van der Waals surface area (Å²) in [6.45, 7) is 5.18. The fourth-order valence-electron chi connectivity index (χ4n) is 2.38. The maximum absolute atomic E-state index is 12.8. The number of ether oxygens (including phenoxy) is 1. The number of alkyl halides is 1. The fourth-order valence-corrected chi connectivity index (χ4v) is 4.86. The molecule has 0 saturated carbocycles. The lowest BCUT2D eigenvalue weighted by Crippen LogP contribution is -2.23. The number of halogens is 3. The Balaban J connectivity index is 3.12. The second-order valence-corrected chi connectivity index (χ2v) is 9.47. The molecule has 2 unspecified atom stereocenters. The molecule has 158 valence electrons. The first-order valence-corrected chi connectivity index (χ1v) is 11.7. The molecule has 0 aromatic heterocycles. The molecule has 0 amide bonds. The van der Waals surface area contributed by atoms with Crippen LogP contribution in [0.25, 0.3) is 0 Å². The summed E-state index contributed by atoms with van der Waals surface area (Å²) in [6.07, 6.45) is -0.587. The number of ketones is 1. The number of rotatable bonds is 12. The summed E-state index contributed by atoms with van der Waals surface area (Å²) < 4.78 is 28.5. The van der Waals surface area contributed by atoms with Crippen LogP contribution in [0.15, 0.2) is 18.2 Å². The number of carbonyl (C=O) groups is 2. The highest BCUT2D eigenvalue weighted by atomic mass is 35.5. The standard InChI is InChI=1S/C18H24Cl3O6P/c1-4-7-17(23)27-16(13-9-8-12(19)10-14(13)20)11-15(22)18(21)28(24,25-5-2)26-6-3/h8-10,16,18H,4-7,11H2,1-3H3. The van der Waals surface area contributed by atoms with Crippen molar-refractivity contribution >= 4 is 54.2 Å². The highest BCUT2D eigenvalue weighted by Crippen LogP contribution is 2.55. The van der Waals surface area contributed by atoms with Gasteiger partial charge in [-0.1, -0.05) is 36.2 Å². The molecule has 1 rings (SSSR count). The second-order valence-electron chi connectivity index (χ2n) is 5.78. The van der Waals surface area contributed by atoms with Crippen molar-refractivity contribution in [3.8, 4) is 0 Å². The van der Waals surface area contributed by atoms with Gasteiger partial charge in [-0.2, -0.15) is 0 Å². The molecule has 0 bridgehead atoms. The lowest BCUT2D eigenvalue weighted by Gasteiger charge is -2.23. The van der Waals surface area contributed by atoms with Crippen molar-refractivity contribution in [3.05, 3.63) is 33.8 Å². The normalized spacial score (nSPS) is 13.8. The van der Waals surface area contributed by atoms with Crippen LogP contribution in [0.1, 0.15) is 51.7 Å². The quantitative estimate of drug-likeness (QED) is 0.205. The first-order valence-electron chi connectivity index (χ1n) is 8.88. The van der Waals surface area contributed by atoms with Gasteiger partial charge >= 0.3 is 13.6 Å². The van der Waals surface area contributed by atoms with Crippen molar-refractivity contribution in [1.82, 2.24) is 0 Å². The molecule has 0 fully saturated rings. The van der Waals surface area contributed by atoms with Gasteiger partial charge in [0.2, 0.25) is 0 Å². The summed E-state index contributed by atoms with van der Waals surface area (Å²) in [5.74, 6) is -1.14. The average molecular weight is 474 g/mol. The van der Waals surface area contributed by atoms with Gasteiger partial charge in [0.05, 0.1) is 19.6 Å². The van der Waals surface area contributed by atoms with Crippen LogP contribution in [-0.4, -0.2) is 30.1 Å². The zero-order chi connectivity index (χ0) is 21.3. The monoisotopic (exact) mass is 472 g/mol. The molecular weight excluding hydrogens is 450 g/mol. The van der Waals surface area contributed by atoms with Crippen molar-refractivity contribution in [2.75, 3.05) is 13.2 Å². The molecule has 28 heavy (non-hydrogen) atoms. The lowest BCUT2D eigenvalue weighted by molar-refractivity contribution is -0.150. The molecule has 1 aromatic carbocycles. The summed E-state index contributed by atoms with van der Waals surface area (Å²) in [5, 5.41) is -0.907. The number of Topliss-reactive ketones (excluding diaryl/α,β-unsaturated/α-hetero) is 1. The summed E-state index contributed by atoms with van der Waals surface area (Å²) in [4.78, 5) is 24.7. The second kappa shape index (κ2) is 12.2. The Labute approximate surface area is 180 Å². The molecule has 0 N–H and O–H groups in total. The molecule has 0 aliphatic rings. The van der Waals surface area contributed by atoms with Crippen molar-refractivity contribution in [2.45, 2.75) is 51.3 Å². The summed E-state index contributed by atoms with van der Waals surface area (Å²) >= 11 is 18.3. The fraction of sp³-hybridized carbons (Fsp3) is 0.556. The third-order valence-corrected chi connectivity index (χ3v) is 7.19. The van der Waals surface area contributed by atoms with Gasteiger partial charge in [0.15, 0.2) is 10.9 Å². The highest BCUT2D eigenvalue weighted by molar-refractivity contribution is 7.57. The smallest absolute Gasteiger partial charge is 0.355 e.